The molecule has 6 aromatic carbocycles. The molecular formula is C48H42N11O4+. The molecule has 0 radical (unpaired) electrons. The molecule has 15 nitrogen and oxygen atoms in total. The molecule has 8 rings (SSSR count). The Morgan fingerprint density at radius 2 is 1.16 bits per heavy atom. The number of amides is 4. The van der Waals surface area contributed by atoms with E-state index in [0.29, 0.717) is 46.0 Å². The van der Waals surface area contributed by atoms with Gasteiger partial charge in [-0.05, 0) is 77.0 Å². The predicted octanol–water partition coefficient (Wildman–Crippen LogP) is 5.39. The minimum Gasteiger partial charge on any atom is -0.340 e. The van der Waals surface area contributed by atoms with Crippen LogP contribution in [0.4, 0.5) is 11.4 Å². The van der Waals surface area contributed by atoms with Gasteiger partial charge in [-0.25, -0.2) is 0 Å². The summed E-state index contributed by atoms with van der Waals surface area (Å²) in [6.45, 7) is 1.88. The smallest absolute Gasteiger partial charge is 0.252 e. The van der Waals surface area contributed by atoms with Gasteiger partial charge in [0.25, 0.3) is 11.8 Å². The number of hydrogen-bond acceptors (Lipinski definition) is 8. The maximum absolute atomic E-state index is 13.9. The highest BCUT2D eigenvalue weighted by Gasteiger charge is 2.26. The molecule has 0 spiro atoms. The maximum Gasteiger partial charge on any atom is 0.252 e. The third-order valence-corrected chi connectivity index (χ3v) is 10.3. The number of carbonyl (C=O) groups is 4. The molecule has 0 saturated heterocycles. The molecule has 4 amide bonds. The lowest BCUT2D eigenvalue weighted by atomic mass is 10.0. The molecule has 8 aromatic rings. The number of hydrogen-bond donors (Lipinski definition) is 4. The molecule has 0 aliphatic heterocycles. The van der Waals surface area contributed by atoms with Crippen LogP contribution in [0.15, 0.2) is 176 Å². The molecule has 0 saturated carbocycles. The number of nitrogens with one attached hydrogen (secondary N) is 4. The summed E-state index contributed by atoms with van der Waals surface area (Å²) in [6, 6.07) is 45.5. The predicted molar refractivity (Wildman–Crippen MR) is 235 cm³/mol. The van der Waals surface area contributed by atoms with Crippen LogP contribution in [0.2, 0.25) is 0 Å². The van der Waals surface area contributed by atoms with Gasteiger partial charge in [0.1, 0.15) is 23.6 Å². The zero-order valence-corrected chi connectivity index (χ0v) is 34.1. The van der Waals surface area contributed by atoms with Crippen molar-refractivity contribution in [2.45, 2.75) is 31.8 Å². The van der Waals surface area contributed by atoms with Gasteiger partial charge < -0.3 is 21.3 Å². The van der Waals surface area contributed by atoms with Gasteiger partial charge in [-0.3, -0.25) is 19.2 Å². The van der Waals surface area contributed by atoms with Crippen molar-refractivity contribution in [3.8, 4) is 17.1 Å². The van der Waals surface area contributed by atoms with E-state index in [-0.39, 0.29) is 18.2 Å². The van der Waals surface area contributed by atoms with E-state index in [9.17, 15) is 19.2 Å². The summed E-state index contributed by atoms with van der Waals surface area (Å²) in [5, 5.41) is 28.0. The molecule has 0 fully saturated rings. The van der Waals surface area contributed by atoms with Gasteiger partial charge in [0.15, 0.2) is 23.8 Å². The quantitative estimate of drug-likeness (QED) is 0.0992. The second-order valence-electron chi connectivity index (χ2n) is 14.6. The van der Waals surface area contributed by atoms with E-state index in [2.05, 4.69) is 36.8 Å². The molecule has 63 heavy (non-hydrogen) atoms. The second kappa shape index (κ2) is 19.2. The second-order valence-corrected chi connectivity index (χ2v) is 14.6. The molecule has 2 atom stereocenters. The molecule has 4 N–H and O–H groups in total. The minimum atomic E-state index is -0.943. The maximum atomic E-state index is 13.9. The summed E-state index contributed by atoms with van der Waals surface area (Å²) < 4.78 is 4.74. The summed E-state index contributed by atoms with van der Waals surface area (Å²) in [5.74, 6) is -1.59. The van der Waals surface area contributed by atoms with E-state index in [1.165, 1.54) is 11.0 Å². The average molecular weight is 837 g/mol. The van der Waals surface area contributed by atoms with E-state index in [1.54, 1.807) is 88.5 Å². The Morgan fingerprint density at radius 1 is 0.603 bits per heavy atom. The van der Waals surface area contributed by atoms with Crippen LogP contribution < -0.4 is 25.9 Å². The third-order valence-electron chi connectivity index (χ3n) is 10.3. The number of nitrogens with zero attached hydrogens (tertiary/aromatic N) is 7. The Labute approximate surface area is 362 Å². The van der Waals surface area contributed by atoms with Gasteiger partial charge in [-0.1, -0.05) is 103 Å². The first kappa shape index (κ1) is 41.2. The van der Waals surface area contributed by atoms with Crippen LogP contribution in [0.5, 0.6) is 0 Å². The normalized spacial score (nSPS) is 11.8. The molecular weight excluding hydrogens is 795 g/mol. The molecule has 15 heteroatoms. The summed E-state index contributed by atoms with van der Waals surface area (Å²) in [5.41, 5.74) is 6.16. The van der Waals surface area contributed by atoms with Gasteiger partial charge in [0.05, 0.1) is 11.4 Å². The average Bonchev–Trinajstić information content (AvgIpc) is 4.05. The fourth-order valence-corrected chi connectivity index (χ4v) is 7.03. The highest BCUT2D eigenvalue weighted by molar-refractivity contribution is 6.03. The lowest BCUT2D eigenvalue weighted by Gasteiger charge is -2.20. The van der Waals surface area contributed by atoms with E-state index < -0.39 is 23.9 Å². The van der Waals surface area contributed by atoms with Crippen LogP contribution >= 0.6 is 0 Å². The molecule has 0 bridgehead atoms. The first-order valence-corrected chi connectivity index (χ1v) is 20.2. The minimum absolute atomic E-state index is 0.235. The van der Waals surface area contributed by atoms with Gasteiger partial charge in [-0.2, -0.15) is 4.68 Å². The van der Waals surface area contributed by atoms with Crippen LogP contribution in [0, 0.1) is 6.92 Å². The van der Waals surface area contributed by atoms with Gasteiger partial charge in [-0.15, -0.1) is 14.5 Å². The molecule has 0 aliphatic carbocycles. The topological polar surface area (TPSA) is 182 Å². The standard InChI is InChI=1S/C48H41N11O4/c1-33-39(50-47(62)41(29-34-15-5-2-6-16-34)52-45(60)36-19-9-4-10-20-36)24-14-26-43(33)58-28-27-57(56-58)38-22-13-21-37(31-38)46(61)53-42(30-35-17-7-3-8-18-35)48(63)51-40-23-11-12-25-44(40)59-32-49-54-55-59/h2-28,31-32,41-42H,29-30H2,1H3,(H3-,50,51,52,53,60,61,62,63)/p+1/t41-,42?/m1/s1. The van der Waals surface area contributed by atoms with Crippen molar-refractivity contribution in [2.75, 3.05) is 10.6 Å². The van der Waals surface area contributed by atoms with Crippen LogP contribution in [0.1, 0.15) is 37.4 Å². The first-order valence-electron chi connectivity index (χ1n) is 20.2. The van der Waals surface area contributed by atoms with Crippen LogP contribution in [-0.4, -0.2) is 65.8 Å². The Balaban J connectivity index is 0.986. The summed E-state index contributed by atoms with van der Waals surface area (Å²) in [6.07, 6.45) is 5.48. The monoisotopic (exact) mass is 836 g/mol. The Morgan fingerprint density at radius 3 is 1.81 bits per heavy atom. The van der Waals surface area contributed by atoms with Gasteiger partial charge in [0, 0.05) is 41.3 Å². The summed E-state index contributed by atoms with van der Waals surface area (Å²) >= 11 is 0. The fourth-order valence-electron chi connectivity index (χ4n) is 7.03. The number of benzene rings is 6. The van der Waals surface area contributed by atoms with Crippen molar-refractivity contribution < 1.29 is 23.9 Å². The largest absolute Gasteiger partial charge is 0.340 e. The van der Waals surface area contributed by atoms with Crippen LogP contribution in [0.3, 0.4) is 0 Å². The zero-order chi connectivity index (χ0) is 43.5. The molecule has 312 valence electrons. The Kier molecular flexibility index (Phi) is 12.5. The lowest BCUT2D eigenvalue weighted by molar-refractivity contribution is -0.661. The first-order chi connectivity index (χ1) is 30.8. The third kappa shape index (κ3) is 10.1. The zero-order valence-electron chi connectivity index (χ0n) is 34.1. The van der Waals surface area contributed by atoms with Gasteiger partial charge in [0.2, 0.25) is 11.8 Å². The van der Waals surface area contributed by atoms with E-state index in [0.717, 1.165) is 16.7 Å². The van der Waals surface area contributed by atoms with Crippen LogP contribution in [0.25, 0.3) is 17.1 Å². The van der Waals surface area contributed by atoms with Gasteiger partial charge >= 0.3 is 0 Å². The van der Waals surface area contributed by atoms with Crippen molar-refractivity contribution in [1.29, 1.82) is 0 Å². The summed E-state index contributed by atoms with van der Waals surface area (Å²) in [7, 11) is 0. The highest BCUT2D eigenvalue weighted by Crippen LogP contribution is 2.22. The number of para-hydroxylation sites is 2. The SMILES string of the molecule is Cc1c(NC(=O)[C@@H](Cc2ccccc2)NC(=O)c2ccccc2)cccc1-[n+]1ccn(-c2cccc(C(=O)NC(Cc3ccccc3)C(=O)Nc3ccccc3-n3cnnn3)c2)n1. The fraction of sp³-hybridized carbons (Fsp3) is 0.104. The number of anilines is 2. The molecule has 2 aromatic heterocycles. The van der Waals surface area contributed by atoms with Crippen LogP contribution in [-0.2, 0) is 22.4 Å². The van der Waals surface area contributed by atoms with Crippen molar-refractivity contribution in [2.24, 2.45) is 0 Å². The number of carbonyl (C=O) groups excluding carboxylic acids is 4. The van der Waals surface area contributed by atoms with Crippen molar-refractivity contribution in [1.82, 2.24) is 40.7 Å². The number of aromatic nitrogens is 7. The van der Waals surface area contributed by atoms with Crippen molar-refractivity contribution >= 4 is 35.0 Å². The Bertz CT molecular complexity index is 2850. The number of rotatable bonds is 15. The van der Waals surface area contributed by atoms with Crippen molar-refractivity contribution in [3.05, 3.63) is 204 Å². The van der Waals surface area contributed by atoms with E-state index in [1.807, 2.05) is 97.9 Å². The lowest BCUT2D eigenvalue weighted by Crippen LogP contribution is -2.45. The molecule has 0 aliphatic rings. The van der Waals surface area contributed by atoms with Crippen molar-refractivity contribution in [3.63, 3.8) is 0 Å². The van der Waals surface area contributed by atoms with E-state index >= 15 is 0 Å². The molecule has 1 unspecified atom stereocenters. The Hall–Kier alpha value is -8.59. The molecule has 2 heterocycles. The highest BCUT2D eigenvalue weighted by atomic mass is 16.2. The van der Waals surface area contributed by atoms with E-state index in [4.69, 9.17) is 5.21 Å². The summed E-state index contributed by atoms with van der Waals surface area (Å²) in [4.78, 5) is 54.9. The number of tetrazole rings is 1.